The van der Waals surface area contributed by atoms with Gasteiger partial charge in [0, 0.05) is 0 Å². The second-order valence-corrected chi connectivity index (χ2v) is 6.35. The molecule has 1 aromatic carbocycles. The van der Waals surface area contributed by atoms with Crippen LogP contribution in [0.2, 0.25) is 0 Å². The molecule has 6 heteroatoms. The quantitative estimate of drug-likeness (QED) is 0.316. The lowest BCUT2D eigenvalue weighted by Crippen LogP contribution is -2.08. The van der Waals surface area contributed by atoms with Gasteiger partial charge in [-0.25, -0.2) is 9.59 Å². The van der Waals surface area contributed by atoms with E-state index < -0.39 is 5.97 Å². The first-order chi connectivity index (χ1) is 12.1. The van der Waals surface area contributed by atoms with Crippen LogP contribution in [0.4, 0.5) is 0 Å². The molecule has 2 rings (SSSR count). The number of carbonyl (C=O) groups is 2. The molecular weight excluding hydrogens is 388 g/mol. The van der Waals surface area contributed by atoms with Crippen molar-refractivity contribution >= 4 is 27.9 Å². The van der Waals surface area contributed by atoms with E-state index in [1.807, 2.05) is 0 Å². The molecule has 0 saturated carbocycles. The number of unbranched alkanes of at least 4 members (excludes halogenated alkanes) is 4. The summed E-state index contributed by atoms with van der Waals surface area (Å²) >= 11 is 3.12. The summed E-state index contributed by atoms with van der Waals surface area (Å²) in [5.74, 6) is -0.552. The molecule has 0 saturated heterocycles. The van der Waals surface area contributed by atoms with Gasteiger partial charge >= 0.3 is 11.9 Å². The van der Waals surface area contributed by atoms with Crippen molar-refractivity contribution in [3.8, 4) is 5.75 Å². The normalized spacial score (nSPS) is 10.5. The van der Waals surface area contributed by atoms with Crippen molar-refractivity contribution in [2.24, 2.45) is 0 Å². The molecule has 0 fully saturated rings. The highest BCUT2D eigenvalue weighted by atomic mass is 79.9. The third kappa shape index (κ3) is 6.38. The fourth-order valence-electron chi connectivity index (χ4n) is 2.19. The molecule has 0 atom stereocenters. The second-order valence-electron chi connectivity index (χ2n) is 5.57. The van der Waals surface area contributed by atoms with Crippen LogP contribution in [0.3, 0.4) is 0 Å². The van der Waals surface area contributed by atoms with E-state index in [0.717, 1.165) is 12.8 Å². The van der Waals surface area contributed by atoms with Gasteiger partial charge in [0.1, 0.15) is 5.75 Å². The number of halogens is 1. The minimum Gasteiger partial charge on any atom is -0.462 e. The first kappa shape index (κ1) is 19.2. The van der Waals surface area contributed by atoms with Crippen LogP contribution in [0.15, 0.2) is 45.5 Å². The Morgan fingerprint density at radius 2 is 1.68 bits per heavy atom. The average Bonchev–Trinajstić information content (AvgIpc) is 3.05. The third-order valence-electron chi connectivity index (χ3n) is 3.56. The molecule has 5 nitrogen and oxygen atoms in total. The van der Waals surface area contributed by atoms with Crippen molar-refractivity contribution < 1.29 is 23.5 Å². The van der Waals surface area contributed by atoms with Crippen LogP contribution >= 0.6 is 15.9 Å². The molecule has 0 amide bonds. The maximum absolute atomic E-state index is 11.9. The van der Waals surface area contributed by atoms with Gasteiger partial charge in [-0.05, 0) is 58.7 Å². The number of carbonyl (C=O) groups excluding carboxylic acids is 2. The highest BCUT2D eigenvalue weighted by Gasteiger charge is 2.14. The van der Waals surface area contributed by atoms with Crippen molar-refractivity contribution in [1.82, 2.24) is 0 Å². The summed E-state index contributed by atoms with van der Waals surface area (Å²) in [6.07, 6.45) is 5.51. The summed E-state index contributed by atoms with van der Waals surface area (Å²) in [6, 6.07) is 9.36. The van der Waals surface area contributed by atoms with E-state index in [1.165, 1.54) is 25.3 Å². The minimum atomic E-state index is -0.604. The maximum atomic E-state index is 11.9. The minimum absolute atomic E-state index is 0.0958. The van der Waals surface area contributed by atoms with Crippen LogP contribution in [0, 0.1) is 0 Å². The summed E-state index contributed by atoms with van der Waals surface area (Å²) in [5.41, 5.74) is 0.425. The van der Waals surface area contributed by atoms with Crippen LogP contribution in [0.25, 0.3) is 0 Å². The monoisotopic (exact) mass is 408 g/mol. The molecule has 2 aromatic rings. The average molecular weight is 409 g/mol. The Morgan fingerprint density at radius 3 is 2.32 bits per heavy atom. The summed E-state index contributed by atoms with van der Waals surface area (Å²) in [7, 11) is 0. The molecule has 0 radical (unpaired) electrons. The Balaban J connectivity index is 1.78. The predicted octanol–water partition coefficient (Wildman–Crippen LogP) is 5.39. The number of hydrogen-bond acceptors (Lipinski definition) is 5. The molecule has 0 aliphatic rings. The van der Waals surface area contributed by atoms with E-state index in [-0.39, 0.29) is 11.7 Å². The third-order valence-corrected chi connectivity index (χ3v) is 3.98. The van der Waals surface area contributed by atoms with Crippen LogP contribution < -0.4 is 4.74 Å². The number of esters is 2. The smallest absolute Gasteiger partial charge is 0.379 e. The molecule has 0 spiro atoms. The van der Waals surface area contributed by atoms with Gasteiger partial charge < -0.3 is 13.9 Å². The predicted molar refractivity (Wildman–Crippen MR) is 96.9 cm³/mol. The lowest BCUT2D eigenvalue weighted by atomic mass is 10.2. The zero-order valence-electron chi connectivity index (χ0n) is 14.1. The summed E-state index contributed by atoms with van der Waals surface area (Å²) in [5, 5.41) is 0. The SMILES string of the molecule is CCCCCCCOC(=O)c1ccc(OC(=O)c2ccc(Br)o2)cc1. The van der Waals surface area contributed by atoms with Crippen molar-refractivity contribution in [3.05, 3.63) is 52.4 Å². The van der Waals surface area contributed by atoms with Gasteiger partial charge in [0.15, 0.2) is 4.67 Å². The van der Waals surface area contributed by atoms with Crippen molar-refractivity contribution in [3.63, 3.8) is 0 Å². The first-order valence-corrected chi connectivity index (χ1v) is 9.14. The van der Waals surface area contributed by atoms with Crippen LogP contribution in [0.5, 0.6) is 5.75 Å². The number of benzene rings is 1. The highest BCUT2D eigenvalue weighted by Crippen LogP contribution is 2.18. The fourth-order valence-corrected chi connectivity index (χ4v) is 2.50. The molecule has 0 aliphatic heterocycles. The molecule has 134 valence electrons. The van der Waals surface area contributed by atoms with Gasteiger partial charge in [0.25, 0.3) is 0 Å². The van der Waals surface area contributed by atoms with E-state index in [0.29, 0.717) is 22.6 Å². The van der Waals surface area contributed by atoms with Gasteiger partial charge in [-0.3, -0.25) is 0 Å². The van der Waals surface area contributed by atoms with Gasteiger partial charge in [-0.1, -0.05) is 32.6 Å². The number of rotatable bonds is 9. The van der Waals surface area contributed by atoms with Crippen LogP contribution in [0.1, 0.15) is 59.9 Å². The number of hydrogen-bond donors (Lipinski definition) is 0. The van der Waals surface area contributed by atoms with E-state index in [2.05, 4.69) is 22.9 Å². The molecule has 1 aromatic heterocycles. The van der Waals surface area contributed by atoms with Gasteiger partial charge in [-0.15, -0.1) is 0 Å². The van der Waals surface area contributed by atoms with E-state index >= 15 is 0 Å². The summed E-state index contributed by atoms with van der Waals surface area (Å²) < 4.78 is 16.0. The zero-order chi connectivity index (χ0) is 18.1. The lowest BCUT2D eigenvalue weighted by Gasteiger charge is -2.06. The highest BCUT2D eigenvalue weighted by molar-refractivity contribution is 9.10. The first-order valence-electron chi connectivity index (χ1n) is 8.35. The van der Waals surface area contributed by atoms with Gasteiger partial charge in [-0.2, -0.15) is 0 Å². The molecule has 0 unspecified atom stereocenters. The van der Waals surface area contributed by atoms with Crippen molar-refractivity contribution in [1.29, 1.82) is 0 Å². The van der Waals surface area contributed by atoms with Crippen molar-refractivity contribution in [2.75, 3.05) is 6.61 Å². The molecule has 0 N–H and O–H groups in total. The van der Waals surface area contributed by atoms with E-state index in [9.17, 15) is 9.59 Å². The zero-order valence-corrected chi connectivity index (χ0v) is 15.7. The lowest BCUT2D eigenvalue weighted by molar-refractivity contribution is 0.0497. The molecule has 1 heterocycles. The molecule has 0 bridgehead atoms. The largest absolute Gasteiger partial charge is 0.462 e. The second kappa shape index (κ2) is 10.0. The number of ether oxygens (including phenoxy) is 2. The van der Waals surface area contributed by atoms with Gasteiger partial charge in [0.2, 0.25) is 5.76 Å². The van der Waals surface area contributed by atoms with E-state index in [4.69, 9.17) is 13.9 Å². The molecule has 25 heavy (non-hydrogen) atoms. The van der Waals surface area contributed by atoms with Crippen LogP contribution in [-0.2, 0) is 4.74 Å². The Bertz CT molecular complexity index is 690. The molecular formula is C19H21BrO5. The Morgan fingerprint density at radius 1 is 0.960 bits per heavy atom. The Kier molecular flexibility index (Phi) is 7.73. The topological polar surface area (TPSA) is 65.7 Å². The Hall–Kier alpha value is -2.08. The van der Waals surface area contributed by atoms with Crippen molar-refractivity contribution in [2.45, 2.75) is 39.0 Å². The maximum Gasteiger partial charge on any atom is 0.379 e. The fraction of sp³-hybridized carbons (Fsp3) is 0.368. The Labute approximate surface area is 155 Å². The number of furan rings is 1. The van der Waals surface area contributed by atoms with Crippen LogP contribution in [-0.4, -0.2) is 18.5 Å². The summed E-state index contributed by atoms with van der Waals surface area (Å²) in [6.45, 7) is 2.58. The summed E-state index contributed by atoms with van der Waals surface area (Å²) in [4.78, 5) is 23.8. The molecule has 0 aliphatic carbocycles. The standard InChI is InChI=1S/C19H21BrO5/c1-2-3-4-5-6-13-23-18(21)14-7-9-15(10-8-14)24-19(22)16-11-12-17(20)25-16/h7-12H,2-6,13H2,1H3. The van der Waals surface area contributed by atoms with E-state index in [1.54, 1.807) is 30.3 Å². The van der Waals surface area contributed by atoms with Gasteiger partial charge in [0.05, 0.1) is 12.2 Å².